The molecule has 0 spiro atoms. The SMILES string of the molecule is CCCCCCCC(=O)OC(CCCCC)NCCO. The standard InChI is InChI=1S/C16H33NO3/c1-3-5-7-8-10-12-16(19)20-15(17-13-14-18)11-9-6-4-2/h15,17-18H,3-14H2,1-2H3. The molecule has 0 rings (SSSR count). The molecule has 0 aromatic rings. The van der Waals surface area contributed by atoms with Crippen LogP contribution in [0.4, 0.5) is 0 Å². The maximum atomic E-state index is 11.8. The minimum Gasteiger partial charge on any atom is -0.447 e. The van der Waals surface area contributed by atoms with Crippen molar-refractivity contribution in [3.8, 4) is 0 Å². The van der Waals surface area contributed by atoms with E-state index in [1.807, 2.05) is 0 Å². The lowest BCUT2D eigenvalue weighted by Gasteiger charge is -2.19. The van der Waals surface area contributed by atoms with Gasteiger partial charge in [0.1, 0.15) is 0 Å². The summed E-state index contributed by atoms with van der Waals surface area (Å²) >= 11 is 0. The molecule has 0 fully saturated rings. The number of aliphatic hydroxyl groups is 1. The zero-order valence-electron chi connectivity index (χ0n) is 13.3. The van der Waals surface area contributed by atoms with Gasteiger partial charge in [-0.05, 0) is 19.3 Å². The van der Waals surface area contributed by atoms with Crippen molar-refractivity contribution in [3.63, 3.8) is 0 Å². The van der Waals surface area contributed by atoms with Gasteiger partial charge >= 0.3 is 5.97 Å². The first-order valence-electron chi connectivity index (χ1n) is 8.28. The van der Waals surface area contributed by atoms with Crippen LogP contribution in [0.5, 0.6) is 0 Å². The van der Waals surface area contributed by atoms with E-state index in [0.29, 0.717) is 13.0 Å². The van der Waals surface area contributed by atoms with Crippen molar-refractivity contribution in [2.75, 3.05) is 13.2 Å². The minimum atomic E-state index is -0.239. The summed E-state index contributed by atoms with van der Waals surface area (Å²) < 4.78 is 5.44. The largest absolute Gasteiger partial charge is 0.447 e. The molecular formula is C16H33NO3. The van der Waals surface area contributed by atoms with Gasteiger partial charge < -0.3 is 9.84 Å². The van der Waals surface area contributed by atoms with Gasteiger partial charge in [-0.2, -0.15) is 0 Å². The van der Waals surface area contributed by atoms with Crippen molar-refractivity contribution < 1.29 is 14.6 Å². The molecule has 0 aliphatic rings. The van der Waals surface area contributed by atoms with Gasteiger partial charge in [0.25, 0.3) is 0 Å². The molecule has 120 valence electrons. The fraction of sp³-hybridized carbons (Fsp3) is 0.938. The quantitative estimate of drug-likeness (QED) is 0.292. The van der Waals surface area contributed by atoms with Gasteiger partial charge in [0.2, 0.25) is 0 Å². The van der Waals surface area contributed by atoms with Crippen LogP contribution in [0.25, 0.3) is 0 Å². The molecule has 0 radical (unpaired) electrons. The lowest BCUT2D eigenvalue weighted by atomic mass is 10.1. The van der Waals surface area contributed by atoms with Crippen LogP contribution in [0, 0.1) is 0 Å². The second-order valence-electron chi connectivity index (χ2n) is 5.32. The zero-order chi connectivity index (χ0) is 15.1. The lowest BCUT2D eigenvalue weighted by molar-refractivity contribution is -0.151. The Kier molecular flexibility index (Phi) is 14.3. The van der Waals surface area contributed by atoms with Crippen molar-refractivity contribution in [1.82, 2.24) is 5.32 Å². The van der Waals surface area contributed by atoms with Crippen LogP contribution in [0.2, 0.25) is 0 Å². The van der Waals surface area contributed by atoms with Gasteiger partial charge in [0, 0.05) is 13.0 Å². The van der Waals surface area contributed by atoms with Gasteiger partial charge in [0.05, 0.1) is 6.61 Å². The van der Waals surface area contributed by atoms with Gasteiger partial charge in [-0.1, -0.05) is 52.4 Å². The molecule has 0 bridgehead atoms. The van der Waals surface area contributed by atoms with Crippen LogP contribution in [0.1, 0.15) is 78.1 Å². The van der Waals surface area contributed by atoms with E-state index in [1.54, 1.807) is 0 Å². The number of carbonyl (C=O) groups is 1. The van der Waals surface area contributed by atoms with Crippen molar-refractivity contribution in [1.29, 1.82) is 0 Å². The van der Waals surface area contributed by atoms with Gasteiger partial charge in [-0.3, -0.25) is 10.1 Å². The number of ether oxygens (including phenoxy) is 1. The summed E-state index contributed by atoms with van der Waals surface area (Å²) in [4.78, 5) is 11.8. The Morgan fingerprint density at radius 3 is 2.35 bits per heavy atom. The zero-order valence-corrected chi connectivity index (χ0v) is 13.3. The van der Waals surface area contributed by atoms with E-state index < -0.39 is 0 Å². The van der Waals surface area contributed by atoms with Crippen molar-refractivity contribution >= 4 is 5.97 Å². The molecule has 0 aromatic heterocycles. The first kappa shape index (κ1) is 19.4. The summed E-state index contributed by atoms with van der Waals surface area (Å²) in [7, 11) is 0. The van der Waals surface area contributed by atoms with Gasteiger partial charge in [0.15, 0.2) is 6.23 Å². The molecular weight excluding hydrogens is 254 g/mol. The number of nitrogens with one attached hydrogen (secondary N) is 1. The summed E-state index contributed by atoms with van der Waals surface area (Å²) in [5.41, 5.74) is 0. The monoisotopic (exact) mass is 287 g/mol. The third-order valence-electron chi connectivity index (χ3n) is 3.31. The highest BCUT2D eigenvalue weighted by atomic mass is 16.6. The predicted molar refractivity (Wildman–Crippen MR) is 82.5 cm³/mol. The summed E-state index contributed by atoms with van der Waals surface area (Å²) in [6.45, 7) is 4.87. The first-order valence-corrected chi connectivity index (χ1v) is 8.28. The molecule has 20 heavy (non-hydrogen) atoms. The summed E-state index contributed by atoms with van der Waals surface area (Å²) in [5, 5.41) is 11.9. The third-order valence-corrected chi connectivity index (χ3v) is 3.31. The number of esters is 1. The molecule has 0 saturated carbocycles. The molecule has 0 heterocycles. The molecule has 0 aliphatic carbocycles. The average molecular weight is 287 g/mol. The highest BCUT2D eigenvalue weighted by Gasteiger charge is 2.12. The van der Waals surface area contributed by atoms with Crippen LogP contribution in [0.3, 0.4) is 0 Å². The molecule has 0 aromatic carbocycles. The van der Waals surface area contributed by atoms with Crippen molar-refractivity contribution in [3.05, 3.63) is 0 Å². The van der Waals surface area contributed by atoms with E-state index in [1.165, 1.54) is 19.3 Å². The number of unbranched alkanes of at least 4 members (excludes halogenated alkanes) is 6. The molecule has 4 nitrogen and oxygen atoms in total. The summed E-state index contributed by atoms with van der Waals surface area (Å²) in [6.07, 6.45) is 10.1. The van der Waals surface area contributed by atoms with Gasteiger partial charge in [-0.25, -0.2) is 0 Å². The Morgan fingerprint density at radius 1 is 1.05 bits per heavy atom. The Bertz CT molecular complexity index is 222. The van der Waals surface area contributed by atoms with E-state index in [-0.39, 0.29) is 18.8 Å². The molecule has 0 amide bonds. The number of hydrogen-bond donors (Lipinski definition) is 2. The fourth-order valence-corrected chi connectivity index (χ4v) is 2.10. The maximum Gasteiger partial charge on any atom is 0.307 e. The average Bonchev–Trinajstić information content (AvgIpc) is 2.44. The van der Waals surface area contributed by atoms with Crippen LogP contribution < -0.4 is 5.32 Å². The van der Waals surface area contributed by atoms with E-state index in [4.69, 9.17) is 9.84 Å². The minimum absolute atomic E-state index is 0.0683. The first-order chi connectivity index (χ1) is 9.74. The lowest BCUT2D eigenvalue weighted by Crippen LogP contribution is -2.35. The summed E-state index contributed by atoms with van der Waals surface area (Å²) in [6, 6.07) is 0. The molecule has 2 N–H and O–H groups in total. The normalized spacial score (nSPS) is 12.3. The third kappa shape index (κ3) is 12.4. The predicted octanol–water partition coefficient (Wildman–Crippen LogP) is 3.38. The number of rotatable bonds is 14. The van der Waals surface area contributed by atoms with E-state index >= 15 is 0 Å². The molecule has 0 aliphatic heterocycles. The highest BCUT2D eigenvalue weighted by Crippen LogP contribution is 2.09. The van der Waals surface area contributed by atoms with E-state index in [2.05, 4.69) is 19.2 Å². The maximum absolute atomic E-state index is 11.8. The highest BCUT2D eigenvalue weighted by molar-refractivity contribution is 5.69. The van der Waals surface area contributed by atoms with Gasteiger partial charge in [-0.15, -0.1) is 0 Å². The summed E-state index contributed by atoms with van der Waals surface area (Å²) in [5.74, 6) is -0.117. The second kappa shape index (κ2) is 14.8. The topological polar surface area (TPSA) is 58.6 Å². The number of hydrogen-bond acceptors (Lipinski definition) is 4. The number of carbonyl (C=O) groups excluding carboxylic acids is 1. The molecule has 1 unspecified atom stereocenters. The smallest absolute Gasteiger partial charge is 0.307 e. The Morgan fingerprint density at radius 2 is 1.70 bits per heavy atom. The Balaban J connectivity index is 3.79. The Labute approximate surface area is 124 Å². The number of aliphatic hydroxyl groups excluding tert-OH is 1. The fourth-order valence-electron chi connectivity index (χ4n) is 2.10. The van der Waals surface area contributed by atoms with Crippen molar-refractivity contribution in [2.45, 2.75) is 84.3 Å². The van der Waals surface area contributed by atoms with Crippen molar-refractivity contribution in [2.24, 2.45) is 0 Å². The molecule has 4 heteroatoms. The van der Waals surface area contributed by atoms with Crippen LogP contribution in [-0.4, -0.2) is 30.5 Å². The van der Waals surface area contributed by atoms with E-state index in [0.717, 1.165) is 38.5 Å². The second-order valence-corrected chi connectivity index (χ2v) is 5.32. The van der Waals surface area contributed by atoms with Crippen LogP contribution in [0.15, 0.2) is 0 Å². The molecule has 1 atom stereocenters. The molecule has 0 saturated heterocycles. The Hall–Kier alpha value is -0.610. The van der Waals surface area contributed by atoms with E-state index in [9.17, 15) is 4.79 Å². The van der Waals surface area contributed by atoms with Crippen LogP contribution >= 0.6 is 0 Å². The van der Waals surface area contributed by atoms with Crippen LogP contribution in [-0.2, 0) is 9.53 Å².